The molecule has 2 rings (SSSR count). The standard InChI is InChI=1S/C13H19N3O/c1-16(7-9-2-3-9)8-11-5-4-10(13(15)17)6-12(11)14/h4-6,9H,2-3,7-8,14H2,1H3,(H2,15,17). The van der Waals surface area contributed by atoms with Gasteiger partial charge in [0, 0.05) is 24.3 Å². The number of nitrogen functional groups attached to an aromatic ring is 1. The number of amides is 1. The van der Waals surface area contributed by atoms with E-state index in [9.17, 15) is 4.79 Å². The van der Waals surface area contributed by atoms with Gasteiger partial charge in [0.2, 0.25) is 5.91 Å². The first kappa shape index (κ1) is 11.9. The molecule has 1 aliphatic rings. The van der Waals surface area contributed by atoms with Crippen LogP contribution in [0.3, 0.4) is 0 Å². The van der Waals surface area contributed by atoms with E-state index < -0.39 is 5.91 Å². The van der Waals surface area contributed by atoms with Gasteiger partial charge in [0.15, 0.2) is 0 Å². The topological polar surface area (TPSA) is 72.3 Å². The quantitative estimate of drug-likeness (QED) is 0.751. The number of benzene rings is 1. The molecule has 0 radical (unpaired) electrons. The van der Waals surface area contributed by atoms with Gasteiger partial charge in [0.25, 0.3) is 0 Å². The van der Waals surface area contributed by atoms with Gasteiger partial charge in [-0.15, -0.1) is 0 Å². The van der Waals surface area contributed by atoms with Gasteiger partial charge in [-0.25, -0.2) is 0 Å². The molecule has 1 fully saturated rings. The summed E-state index contributed by atoms with van der Waals surface area (Å²) in [5.74, 6) is 0.431. The van der Waals surface area contributed by atoms with E-state index >= 15 is 0 Å². The van der Waals surface area contributed by atoms with Crippen LogP contribution >= 0.6 is 0 Å². The molecule has 0 spiro atoms. The number of hydrogen-bond acceptors (Lipinski definition) is 3. The third kappa shape index (κ3) is 3.20. The van der Waals surface area contributed by atoms with Crippen LogP contribution in [0.25, 0.3) is 0 Å². The van der Waals surface area contributed by atoms with Crippen molar-refractivity contribution in [2.75, 3.05) is 19.3 Å². The van der Waals surface area contributed by atoms with Gasteiger partial charge in [-0.2, -0.15) is 0 Å². The van der Waals surface area contributed by atoms with E-state index in [-0.39, 0.29) is 0 Å². The van der Waals surface area contributed by atoms with Crippen LogP contribution in [-0.2, 0) is 6.54 Å². The van der Waals surface area contributed by atoms with Gasteiger partial charge in [-0.3, -0.25) is 4.79 Å². The first-order chi connectivity index (χ1) is 8.06. The summed E-state index contributed by atoms with van der Waals surface area (Å²) in [6.07, 6.45) is 2.70. The largest absolute Gasteiger partial charge is 0.398 e. The summed E-state index contributed by atoms with van der Waals surface area (Å²) < 4.78 is 0. The highest BCUT2D eigenvalue weighted by molar-refractivity contribution is 5.93. The van der Waals surface area contributed by atoms with E-state index in [2.05, 4.69) is 11.9 Å². The molecule has 0 unspecified atom stereocenters. The van der Waals surface area contributed by atoms with E-state index in [4.69, 9.17) is 11.5 Å². The van der Waals surface area contributed by atoms with E-state index in [1.807, 2.05) is 6.07 Å². The van der Waals surface area contributed by atoms with Gasteiger partial charge in [-0.05, 0) is 43.5 Å². The van der Waals surface area contributed by atoms with Gasteiger partial charge in [-0.1, -0.05) is 6.07 Å². The monoisotopic (exact) mass is 233 g/mol. The molecule has 0 saturated heterocycles. The highest BCUT2D eigenvalue weighted by Gasteiger charge is 2.22. The Morgan fingerprint density at radius 3 is 2.71 bits per heavy atom. The molecular weight excluding hydrogens is 214 g/mol. The number of rotatable bonds is 5. The van der Waals surface area contributed by atoms with Gasteiger partial charge in [0.1, 0.15) is 0 Å². The summed E-state index contributed by atoms with van der Waals surface area (Å²) in [5.41, 5.74) is 13.3. The molecule has 1 aliphatic carbocycles. The molecule has 1 aromatic carbocycles. The molecule has 4 heteroatoms. The predicted molar refractivity (Wildman–Crippen MR) is 68.4 cm³/mol. The van der Waals surface area contributed by atoms with Gasteiger partial charge < -0.3 is 16.4 Å². The maximum atomic E-state index is 11.0. The lowest BCUT2D eigenvalue weighted by molar-refractivity contribution is 0.100. The smallest absolute Gasteiger partial charge is 0.248 e. The maximum absolute atomic E-state index is 11.0. The third-order valence-electron chi connectivity index (χ3n) is 3.14. The Bertz CT molecular complexity index is 427. The number of hydrogen-bond donors (Lipinski definition) is 2. The van der Waals surface area contributed by atoms with Crippen molar-refractivity contribution in [1.82, 2.24) is 4.90 Å². The number of carbonyl (C=O) groups is 1. The number of nitrogens with two attached hydrogens (primary N) is 2. The number of carbonyl (C=O) groups excluding carboxylic acids is 1. The molecule has 0 atom stereocenters. The zero-order valence-electron chi connectivity index (χ0n) is 10.1. The zero-order chi connectivity index (χ0) is 12.4. The van der Waals surface area contributed by atoms with Crippen molar-refractivity contribution in [3.05, 3.63) is 29.3 Å². The summed E-state index contributed by atoms with van der Waals surface area (Å²) in [5, 5.41) is 0. The lowest BCUT2D eigenvalue weighted by Crippen LogP contribution is -2.21. The predicted octanol–water partition coefficient (Wildman–Crippen LogP) is 1.21. The maximum Gasteiger partial charge on any atom is 0.248 e. The molecule has 17 heavy (non-hydrogen) atoms. The summed E-state index contributed by atoms with van der Waals surface area (Å²) in [6.45, 7) is 1.94. The molecule has 0 heterocycles. The van der Waals surface area contributed by atoms with Gasteiger partial charge >= 0.3 is 0 Å². The molecule has 1 saturated carbocycles. The lowest BCUT2D eigenvalue weighted by atomic mass is 10.1. The Labute approximate surface area is 102 Å². The minimum atomic E-state index is -0.436. The second kappa shape index (κ2) is 4.75. The van der Waals surface area contributed by atoms with E-state index in [1.54, 1.807) is 12.1 Å². The van der Waals surface area contributed by atoms with Crippen LogP contribution in [0.4, 0.5) is 5.69 Å². The number of primary amides is 1. The molecule has 0 bridgehead atoms. The zero-order valence-corrected chi connectivity index (χ0v) is 10.1. The van der Waals surface area contributed by atoms with Crippen molar-refractivity contribution in [2.45, 2.75) is 19.4 Å². The van der Waals surface area contributed by atoms with Crippen LogP contribution in [-0.4, -0.2) is 24.4 Å². The second-order valence-electron chi connectivity index (χ2n) is 4.92. The molecule has 0 aliphatic heterocycles. The van der Waals surface area contributed by atoms with Crippen molar-refractivity contribution < 1.29 is 4.79 Å². The SMILES string of the molecule is CN(Cc1ccc(C(N)=O)cc1N)CC1CC1. The normalized spacial score (nSPS) is 15.2. The molecule has 4 nitrogen and oxygen atoms in total. The molecule has 92 valence electrons. The fraction of sp³-hybridized carbons (Fsp3) is 0.462. The summed E-state index contributed by atoms with van der Waals surface area (Å²) in [7, 11) is 2.10. The van der Waals surface area contributed by atoms with Crippen LogP contribution in [0.1, 0.15) is 28.8 Å². The number of anilines is 1. The van der Waals surface area contributed by atoms with Crippen LogP contribution in [0, 0.1) is 5.92 Å². The van der Waals surface area contributed by atoms with Crippen LogP contribution in [0.15, 0.2) is 18.2 Å². The van der Waals surface area contributed by atoms with E-state index in [1.165, 1.54) is 12.8 Å². The Morgan fingerprint density at radius 2 is 2.18 bits per heavy atom. The van der Waals surface area contributed by atoms with Crippen molar-refractivity contribution in [3.63, 3.8) is 0 Å². The van der Waals surface area contributed by atoms with Crippen LogP contribution in [0.5, 0.6) is 0 Å². The molecule has 0 aromatic heterocycles. The number of nitrogens with zero attached hydrogens (tertiary/aromatic N) is 1. The highest BCUT2D eigenvalue weighted by Crippen LogP contribution is 2.30. The molecule has 4 N–H and O–H groups in total. The van der Waals surface area contributed by atoms with Crippen molar-refractivity contribution >= 4 is 11.6 Å². The lowest BCUT2D eigenvalue weighted by Gasteiger charge is -2.17. The molecule has 1 amide bonds. The average Bonchev–Trinajstić information content (AvgIpc) is 3.04. The van der Waals surface area contributed by atoms with Crippen molar-refractivity contribution in [3.8, 4) is 0 Å². The minimum Gasteiger partial charge on any atom is -0.398 e. The molecular formula is C13H19N3O. The van der Waals surface area contributed by atoms with Crippen molar-refractivity contribution in [2.24, 2.45) is 11.7 Å². The van der Waals surface area contributed by atoms with Gasteiger partial charge in [0.05, 0.1) is 0 Å². The summed E-state index contributed by atoms with van der Waals surface area (Å²) in [6, 6.07) is 5.28. The highest BCUT2D eigenvalue weighted by atomic mass is 16.1. The van der Waals surface area contributed by atoms with Crippen molar-refractivity contribution in [1.29, 1.82) is 0 Å². The molecule has 1 aromatic rings. The van der Waals surface area contributed by atoms with E-state index in [0.29, 0.717) is 11.3 Å². The van der Waals surface area contributed by atoms with Crippen LogP contribution in [0.2, 0.25) is 0 Å². The Balaban J connectivity index is 2.02. The minimum absolute atomic E-state index is 0.436. The second-order valence-corrected chi connectivity index (χ2v) is 4.92. The summed E-state index contributed by atoms with van der Waals surface area (Å²) >= 11 is 0. The fourth-order valence-electron chi connectivity index (χ4n) is 1.99. The average molecular weight is 233 g/mol. The van der Waals surface area contributed by atoms with E-state index in [0.717, 1.165) is 24.6 Å². The Kier molecular flexibility index (Phi) is 3.33. The fourth-order valence-corrected chi connectivity index (χ4v) is 1.99. The third-order valence-corrected chi connectivity index (χ3v) is 3.14. The first-order valence-corrected chi connectivity index (χ1v) is 5.93. The van der Waals surface area contributed by atoms with Crippen LogP contribution < -0.4 is 11.5 Å². The Hall–Kier alpha value is -1.55. The first-order valence-electron chi connectivity index (χ1n) is 5.93. The summed E-state index contributed by atoms with van der Waals surface area (Å²) in [4.78, 5) is 13.3. The Morgan fingerprint density at radius 1 is 1.47 bits per heavy atom.